The maximum absolute atomic E-state index is 10.7. The molecular weight excluding hydrogens is 452 g/mol. The van der Waals surface area contributed by atoms with E-state index in [1.165, 1.54) is 10.6 Å². The first kappa shape index (κ1) is 21.7. The molecule has 0 unspecified atom stereocenters. The molecule has 0 spiro atoms. The largest absolute Gasteiger partial charge is 0.369 e. The number of piperazine rings is 1. The number of nitrogens with zero attached hydrogens (tertiary/aromatic N) is 5. The number of thiophene rings is 1. The summed E-state index contributed by atoms with van der Waals surface area (Å²) in [6.07, 6.45) is 2.76. The van der Waals surface area contributed by atoms with Crippen LogP contribution < -0.4 is 10.2 Å². The second-order valence-electron chi connectivity index (χ2n) is 7.80. The molecule has 4 aromatic rings. The number of aldehydes is 1. The molecule has 5 rings (SSSR count). The maximum Gasteiger partial charge on any atom is 0.227 e. The van der Waals surface area contributed by atoms with Gasteiger partial charge in [0.15, 0.2) is 0 Å². The molecule has 33 heavy (non-hydrogen) atoms. The monoisotopic (exact) mass is 476 g/mol. The highest BCUT2D eigenvalue weighted by molar-refractivity contribution is 7.23. The summed E-state index contributed by atoms with van der Waals surface area (Å²) < 4.78 is 0. The lowest BCUT2D eigenvalue weighted by Gasteiger charge is -2.35. The third-order valence-electron chi connectivity index (χ3n) is 5.61. The van der Waals surface area contributed by atoms with Crippen molar-refractivity contribution >= 4 is 46.3 Å². The Morgan fingerprint density at radius 3 is 2.61 bits per heavy atom. The van der Waals surface area contributed by atoms with E-state index < -0.39 is 0 Å². The number of aryl methyl sites for hydroxylation is 1. The highest BCUT2D eigenvalue weighted by Gasteiger charge is 2.17. The topological polar surface area (TPSA) is 74.2 Å². The van der Waals surface area contributed by atoms with E-state index in [2.05, 4.69) is 55.8 Å². The van der Waals surface area contributed by atoms with Gasteiger partial charge in [-0.2, -0.15) is 0 Å². The Kier molecular flexibility index (Phi) is 6.43. The van der Waals surface area contributed by atoms with E-state index in [4.69, 9.17) is 9.97 Å². The van der Waals surface area contributed by atoms with Crippen molar-refractivity contribution in [3.8, 4) is 20.5 Å². The average Bonchev–Trinajstić information content (AvgIpc) is 3.51. The Balaban J connectivity index is 1.27. The number of nitrogens with one attached hydrogen (secondary N) is 1. The van der Waals surface area contributed by atoms with Crippen LogP contribution in [0.25, 0.3) is 20.5 Å². The van der Waals surface area contributed by atoms with Crippen LogP contribution in [0.1, 0.15) is 5.69 Å². The maximum atomic E-state index is 10.7. The first-order valence-corrected chi connectivity index (χ1v) is 12.5. The van der Waals surface area contributed by atoms with Crippen LogP contribution in [0, 0.1) is 6.92 Å². The van der Waals surface area contributed by atoms with Gasteiger partial charge in [-0.1, -0.05) is 6.07 Å². The second-order valence-corrected chi connectivity index (χ2v) is 9.75. The molecule has 1 aliphatic heterocycles. The van der Waals surface area contributed by atoms with Gasteiger partial charge >= 0.3 is 0 Å². The smallest absolute Gasteiger partial charge is 0.227 e. The number of hydrogen-bond acceptors (Lipinski definition) is 9. The lowest BCUT2D eigenvalue weighted by atomic mass is 10.2. The minimum atomic E-state index is 0.520. The fraction of sp³-hybridized carbons (Fsp3) is 0.250. The first-order valence-electron chi connectivity index (χ1n) is 10.8. The van der Waals surface area contributed by atoms with Crippen molar-refractivity contribution in [2.45, 2.75) is 6.92 Å². The van der Waals surface area contributed by atoms with Crippen molar-refractivity contribution in [3.05, 3.63) is 59.7 Å². The zero-order valence-corrected chi connectivity index (χ0v) is 19.9. The Morgan fingerprint density at radius 2 is 1.88 bits per heavy atom. The third-order valence-corrected chi connectivity index (χ3v) is 7.83. The van der Waals surface area contributed by atoms with Gasteiger partial charge < -0.3 is 15.0 Å². The molecule has 9 heteroatoms. The van der Waals surface area contributed by atoms with Gasteiger partial charge in [0.1, 0.15) is 11.3 Å². The molecule has 0 amide bonds. The summed E-state index contributed by atoms with van der Waals surface area (Å²) >= 11 is 3.35. The molecule has 7 nitrogen and oxygen atoms in total. The van der Waals surface area contributed by atoms with Crippen molar-refractivity contribution in [2.75, 3.05) is 42.9 Å². The van der Waals surface area contributed by atoms with E-state index in [9.17, 15) is 4.79 Å². The SMILES string of the molecule is Cc1nc(-c2cccs2)sc1-c1ccnc(Nc2ccc(N3CCN(CC=O)CC3)cc2)n1. The first-order chi connectivity index (χ1) is 16.2. The minimum absolute atomic E-state index is 0.520. The molecule has 0 bridgehead atoms. The molecule has 168 valence electrons. The van der Waals surface area contributed by atoms with Gasteiger partial charge in [-0.25, -0.2) is 15.0 Å². The van der Waals surface area contributed by atoms with E-state index in [0.717, 1.165) is 59.4 Å². The van der Waals surface area contributed by atoms with Gasteiger partial charge in [0.25, 0.3) is 0 Å². The number of carbonyl (C=O) groups is 1. The van der Waals surface area contributed by atoms with E-state index in [1.807, 2.05) is 19.1 Å². The molecule has 1 aromatic carbocycles. The van der Waals surface area contributed by atoms with Crippen LogP contribution in [0.3, 0.4) is 0 Å². The number of carbonyl (C=O) groups excluding carboxylic acids is 1. The van der Waals surface area contributed by atoms with Gasteiger partial charge in [-0.3, -0.25) is 4.90 Å². The molecule has 1 saturated heterocycles. The van der Waals surface area contributed by atoms with E-state index in [1.54, 1.807) is 28.9 Å². The summed E-state index contributed by atoms with van der Waals surface area (Å²) in [5.41, 5.74) is 3.97. The number of rotatable bonds is 7. The summed E-state index contributed by atoms with van der Waals surface area (Å²) in [5, 5.41) is 6.41. The van der Waals surface area contributed by atoms with Gasteiger partial charge in [0, 0.05) is 43.8 Å². The van der Waals surface area contributed by atoms with Crippen molar-refractivity contribution < 1.29 is 4.79 Å². The predicted octanol–water partition coefficient (Wildman–Crippen LogP) is 4.70. The fourth-order valence-corrected chi connectivity index (χ4v) is 5.70. The molecule has 4 heterocycles. The standard InChI is InChI=1S/C24H24N6OS2/c1-17-22(33-23(26-17)21-3-2-16-32-21)20-8-9-25-24(28-20)27-18-4-6-19(7-5-18)30-12-10-29(11-13-30)14-15-31/h2-9,15-16H,10-14H2,1H3,(H,25,27,28). The van der Waals surface area contributed by atoms with Gasteiger partial charge in [-0.15, -0.1) is 22.7 Å². The van der Waals surface area contributed by atoms with Crippen molar-refractivity contribution in [3.63, 3.8) is 0 Å². The average molecular weight is 477 g/mol. The second kappa shape index (κ2) is 9.78. The lowest BCUT2D eigenvalue weighted by molar-refractivity contribution is -0.108. The quantitative estimate of drug-likeness (QED) is 0.388. The summed E-state index contributed by atoms with van der Waals surface area (Å²) in [5.74, 6) is 0.563. The summed E-state index contributed by atoms with van der Waals surface area (Å²) in [6, 6.07) is 14.4. The van der Waals surface area contributed by atoms with Crippen LogP contribution >= 0.6 is 22.7 Å². The fourth-order valence-electron chi connectivity index (χ4n) is 3.86. The van der Waals surface area contributed by atoms with E-state index in [-0.39, 0.29) is 0 Å². The van der Waals surface area contributed by atoms with Crippen LogP contribution in [-0.4, -0.2) is 58.9 Å². The van der Waals surface area contributed by atoms with Crippen molar-refractivity contribution in [1.29, 1.82) is 0 Å². The van der Waals surface area contributed by atoms with Crippen LogP contribution in [0.4, 0.5) is 17.3 Å². The molecule has 0 radical (unpaired) electrons. The van der Waals surface area contributed by atoms with E-state index >= 15 is 0 Å². The number of hydrogen-bond donors (Lipinski definition) is 1. The van der Waals surface area contributed by atoms with E-state index in [0.29, 0.717) is 12.5 Å². The summed E-state index contributed by atoms with van der Waals surface area (Å²) in [7, 11) is 0. The van der Waals surface area contributed by atoms with Crippen LogP contribution in [0.5, 0.6) is 0 Å². The molecule has 1 aliphatic rings. The molecule has 1 fully saturated rings. The van der Waals surface area contributed by atoms with Crippen LogP contribution in [0.2, 0.25) is 0 Å². The highest BCUT2D eigenvalue weighted by Crippen LogP contribution is 2.36. The van der Waals surface area contributed by atoms with Crippen LogP contribution in [-0.2, 0) is 4.79 Å². The Hall–Kier alpha value is -3.14. The number of thiazole rings is 1. The van der Waals surface area contributed by atoms with Gasteiger partial charge in [-0.05, 0) is 48.7 Å². The normalized spacial score (nSPS) is 14.4. The highest BCUT2D eigenvalue weighted by atomic mass is 32.1. The molecule has 3 aromatic heterocycles. The molecule has 0 aliphatic carbocycles. The van der Waals surface area contributed by atoms with Gasteiger partial charge in [0.05, 0.1) is 27.7 Å². The molecule has 1 N–H and O–H groups in total. The summed E-state index contributed by atoms with van der Waals surface area (Å²) in [4.78, 5) is 31.3. The predicted molar refractivity (Wildman–Crippen MR) is 136 cm³/mol. The van der Waals surface area contributed by atoms with Crippen LogP contribution in [0.15, 0.2) is 54.0 Å². The minimum Gasteiger partial charge on any atom is -0.369 e. The zero-order chi connectivity index (χ0) is 22.6. The lowest BCUT2D eigenvalue weighted by Crippen LogP contribution is -2.46. The Morgan fingerprint density at radius 1 is 1.06 bits per heavy atom. The molecule has 0 atom stereocenters. The molecule has 0 saturated carbocycles. The number of benzene rings is 1. The Bertz CT molecular complexity index is 1210. The zero-order valence-electron chi connectivity index (χ0n) is 18.3. The number of anilines is 3. The Labute approximate surface area is 200 Å². The third kappa shape index (κ3) is 4.95. The van der Waals surface area contributed by atoms with Crippen molar-refractivity contribution in [2.24, 2.45) is 0 Å². The van der Waals surface area contributed by atoms with Crippen molar-refractivity contribution in [1.82, 2.24) is 19.9 Å². The number of aromatic nitrogens is 3. The van der Waals surface area contributed by atoms with Gasteiger partial charge in [0.2, 0.25) is 5.95 Å². The molecular formula is C24H24N6OS2. The summed E-state index contributed by atoms with van der Waals surface area (Å²) in [6.45, 7) is 6.21.